The molecular formula is C125H88BO4. The molecule has 2 N–H and O–H groups in total. The molecule has 0 fully saturated rings. The maximum atomic E-state index is 10.3. The summed E-state index contributed by atoms with van der Waals surface area (Å²) in [6.07, 6.45) is 0. The highest BCUT2D eigenvalue weighted by molar-refractivity contribution is 5.96. The predicted molar refractivity (Wildman–Crippen MR) is 537 cm³/mol. The zero-order valence-corrected chi connectivity index (χ0v) is 71.3. The summed E-state index contributed by atoms with van der Waals surface area (Å²) < 4.78 is 11.9. The van der Waals surface area contributed by atoms with Gasteiger partial charge in [-0.2, -0.15) is 0 Å². The highest BCUT2D eigenvalue weighted by Gasteiger charge is 2.51. The minimum absolute atomic E-state index is 0. The van der Waals surface area contributed by atoms with Crippen molar-refractivity contribution in [2.24, 2.45) is 0 Å². The molecule has 0 aromatic heterocycles. The molecule has 0 aliphatic heterocycles. The van der Waals surface area contributed by atoms with Gasteiger partial charge in [0.15, 0.2) is 0 Å². The normalized spacial score (nSPS) is 13.4. The second-order valence-electron chi connectivity index (χ2n) is 34.0. The number of phenolic OH excluding ortho intramolecular Hbond substituents is 2. The molecule has 4 nitrogen and oxygen atoms in total. The van der Waals surface area contributed by atoms with Crippen LogP contribution in [0.15, 0.2) is 437 Å². The summed E-state index contributed by atoms with van der Waals surface area (Å²) in [6.45, 7) is 4.42. The molecule has 24 rings (SSSR count). The number of rotatable bonds is 14. The number of hydrogen-bond donors (Lipinski definition) is 2. The molecule has 0 unspecified atom stereocenters. The molecule has 20 aromatic carbocycles. The van der Waals surface area contributed by atoms with E-state index in [-0.39, 0.29) is 27.3 Å². The van der Waals surface area contributed by atoms with Gasteiger partial charge < -0.3 is 19.7 Å². The lowest BCUT2D eigenvalue weighted by Gasteiger charge is -2.34. The molecule has 20 aromatic rings. The molecule has 4 aliphatic carbocycles. The van der Waals surface area contributed by atoms with Gasteiger partial charge in [-0.3, -0.25) is 0 Å². The fraction of sp³-hybridized carbons (Fsp3) is 0.0720. The quantitative estimate of drug-likeness (QED) is 0.0841. The minimum Gasteiger partial charge on any atom is -0.508 e. The van der Waals surface area contributed by atoms with Gasteiger partial charge in [-0.1, -0.05) is 383 Å². The lowest BCUT2D eigenvalue weighted by atomic mass is 9.67. The van der Waals surface area contributed by atoms with Crippen molar-refractivity contribution in [2.75, 3.05) is 13.2 Å². The molecule has 0 spiro atoms. The van der Waals surface area contributed by atoms with Gasteiger partial charge in [0.2, 0.25) is 0 Å². The Morgan fingerprint density at radius 3 is 0.615 bits per heavy atom. The molecule has 3 radical (unpaired) electrons. The van der Waals surface area contributed by atoms with Crippen LogP contribution in [0.2, 0.25) is 0 Å². The van der Waals surface area contributed by atoms with Crippen molar-refractivity contribution in [1.29, 1.82) is 0 Å². The highest BCUT2D eigenvalue weighted by atomic mass is 16.5. The van der Waals surface area contributed by atoms with Gasteiger partial charge in [0.1, 0.15) is 36.2 Å². The van der Waals surface area contributed by atoms with Crippen molar-refractivity contribution in [2.45, 2.75) is 42.9 Å². The maximum absolute atomic E-state index is 10.3. The van der Waals surface area contributed by atoms with Gasteiger partial charge in [-0.15, -0.1) is 11.8 Å². The Kier molecular flexibility index (Phi) is 20.3. The van der Waals surface area contributed by atoms with E-state index in [0.29, 0.717) is 13.2 Å². The molecule has 0 bridgehead atoms. The summed E-state index contributed by atoms with van der Waals surface area (Å²) in [5.74, 6) is 14.0. The maximum Gasteiger partial charge on any atom is 0.149 e. The molecule has 0 heterocycles. The Labute approximate surface area is 761 Å². The zero-order valence-electron chi connectivity index (χ0n) is 71.3. The molecule has 5 heteroatoms. The standard InChI is InChI=1S/C66H46O2.C58H38O2.CH4.B/c1-3-5-39-67-55-37-29-47-41-53(35-27-49(47)43-55)65(61-19-11-7-15-57(61)58-16-8-12-20-62(58)65)51-31-23-45(24-32-51)46-25-33-52(34-26-46)66(63-21-13-9-17-59(63)60-18-10-14-22-64(60)66)54-36-28-50-44-56(68-40-6-4-2)38-30-48(50)42-54;59-47-31-23-39-33-45(29-21-41(39)35-47)57(53-13-5-1-9-49(53)50-10-2-6-14-54(50)57)43-25-17-37(18-26-43)38-19-27-44(28-20-38)58(46-30-22-42-36-48(60)32-24-40(42)34-46)55-15-7-3-11-51(55)52-12-4-8-16-56(52)58;;/h7-38,41-44H,39-40H2,1-2H3;1-36,59-60H;1H4;. The van der Waals surface area contributed by atoms with Crippen LogP contribution in [0.5, 0.6) is 23.0 Å². The largest absolute Gasteiger partial charge is 0.508 e. The third-order valence-electron chi connectivity index (χ3n) is 27.7. The number of hydrogen-bond acceptors (Lipinski definition) is 4. The van der Waals surface area contributed by atoms with Gasteiger partial charge in [0.05, 0.1) is 21.7 Å². The zero-order chi connectivity index (χ0) is 85.7. The van der Waals surface area contributed by atoms with Crippen molar-refractivity contribution in [3.05, 3.63) is 526 Å². The first-order valence-electron chi connectivity index (χ1n) is 43.9. The molecule has 0 amide bonds. The summed E-state index contributed by atoms with van der Waals surface area (Å²) in [5, 5.41) is 29.4. The molecule has 4 aliphatic rings. The molecular weight excluding hydrogens is 1580 g/mol. The van der Waals surface area contributed by atoms with E-state index in [1.54, 1.807) is 12.1 Å². The number of benzene rings is 20. The fourth-order valence-corrected chi connectivity index (χ4v) is 22.2. The summed E-state index contributed by atoms with van der Waals surface area (Å²) in [7, 11) is 0. The number of aromatic hydroxyl groups is 2. The van der Waals surface area contributed by atoms with E-state index in [9.17, 15) is 10.2 Å². The minimum atomic E-state index is -0.532. The predicted octanol–water partition coefficient (Wildman–Crippen LogP) is 29.2. The van der Waals surface area contributed by atoms with Crippen LogP contribution in [-0.4, -0.2) is 31.8 Å². The molecule has 130 heavy (non-hydrogen) atoms. The Morgan fingerprint density at radius 2 is 0.392 bits per heavy atom. The van der Waals surface area contributed by atoms with E-state index in [2.05, 4.69) is 424 Å². The fourth-order valence-electron chi connectivity index (χ4n) is 22.2. The molecule has 0 atom stereocenters. The average Bonchev–Trinajstić information content (AvgIpc) is 1.55. The third-order valence-corrected chi connectivity index (χ3v) is 27.7. The molecule has 0 saturated heterocycles. The van der Waals surface area contributed by atoms with E-state index in [1.807, 2.05) is 38.1 Å². The lowest BCUT2D eigenvalue weighted by molar-refractivity contribution is 0.370. The summed E-state index contributed by atoms with van der Waals surface area (Å²) >= 11 is 0. The van der Waals surface area contributed by atoms with Crippen molar-refractivity contribution in [3.8, 4) is 113 Å². The molecule has 0 saturated carbocycles. The monoisotopic (exact) mass is 1660 g/mol. The topological polar surface area (TPSA) is 58.9 Å². The first kappa shape index (κ1) is 80.9. The summed E-state index contributed by atoms with van der Waals surface area (Å²) in [5.41, 5.74) is 32.7. The Morgan fingerprint density at radius 1 is 0.208 bits per heavy atom. The third kappa shape index (κ3) is 12.6. The van der Waals surface area contributed by atoms with Crippen LogP contribution in [0.3, 0.4) is 0 Å². The first-order chi connectivity index (χ1) is 63.1. The van der Waals surface area contributed by atoms with Crippen molar-refractivity contribution < 1.29 is 19.7 Å². The van der Waals surface area contributed by atoms with Gasteiger partial charge in [-0.25, -0.2) is 0 Å². The average molecular weight is 1660 g/mol. The van der Waals surface area contributed by atoms with Crippen LogP contribution in [-0.2, 0) is 21.7 Å². The van der Waals surface area contributed by atoms with Crippen LogP contribution in [0, 0.1) is 23.7 Å². The van der Waals surface area contributed by atoms with Crippen LogP contribution >= 0.6 is 0 Å². The van der Waals surface area contributed by atoms with E-state index < -0.39 is 21.7 Å². The Balaban J connectivity index is 0.000000156. The van der Waals surface area contributed by atoms with Crippen molar-refractivity contribution in [3.63, 3.8) is 0 Å². The lowest BCUT2D eigenvalue weighted by Crippen LogP contribution is -2.28. The SMILES string of the molecule is C.CC#CCOc1ccc2cc(C3(c4ccc(-c5ccc(C6(c7ccc8cc(OCC#CC)ccc8c7)c7ccccc7-c7ccccc76)cc5)cc4)c4ccccc4-c4ccccc43)ccc2c1.Oc1ccc2cc(C3(c4ccc(-c5ccc(C6(c7ccc8cc(O)ccc8c7)c7ccccc7-c7ccccc76)cc5)cc4)c4ccccc4-c4ccccc43)ccc2c1.[B]. The Bertz CT molecular complexity index is 7360. The van der Waals surface area contributed by atoms with Crippen molar-refractivity contribution >= 4 is 51.5 Å². The summed E-state index contributed by atoms with van der Waals surface area (Å²) in [6, 6.07) is 159. The smallest absolute Gasteiger partial charge is 0.149 e. The van der Waals surface area contributed by atoms with Gasteiger partial charge in [0.25, 0.3) is 0 Å². The van der Waals surface area contributed by atoms with Crippen LogP contribution in [0.25, 0.3) is 110 Å². The second-order valence-corrected chi connectivity index (χ2v) is 34.0. The van der Waals surface area contributed by atoms with Gasteiger partial charge in [0, 0.05) is 8.41 Å². The van der Waals surface area contributed by atoms with Crippen LogP contribution in [0.1, 0.15) is 110 Å². The van der Waals surface area contributed by atoms with Crippen LogP contribution < -0.4 is 9.47 Å². The van der Waals surface area contributed by atoms with Crippen molar-refractivity contribution in [1.82, 2.24) is 0 Å². The van der Waals surface area contributed by atoms with Gasteiger partial charge >= 0.3 is 0 Å². The van der Waals surface area contributed by atoms with Crippen LogP contribution in [0.4, 0.5) is 0 Å². The number of fused-ring (bicyclic) bond motifs is 16. The first-order valence-corrected chi connectivity index (χ1v) is 43.9. The highest BCUT2D eigenvalue weighted by Crippen LogP contribution is 2.62. The second kappa shape index (κ2) is 32.7. The number of ether oxygens (including phenoxy) is 2. The van der Waals surface area contributed by atoms with E-state index in [1.165, 1.54) is 155 Å². The molecule has 615 valence electrons. The number of phenols is 2. The van der Waals surface area contributed by atoms with Gasteiger partial charge in [-0.05, 0) is 286 Å². The van der Waals surface area contributed by atoms with E-state index >= 15 is 0 Å². The van der Waals surface area contributed by atoms with E-state index in [4.69, 9.17) is 9.47 Å². The van der Waals surface area contributed by atoms with E-state index in [0.717, 1.165) is 54.9 Å². The summed E-state index contributed by atoms with van der Waals surface area (Å²) in [4.78, 5) is 0. The Hall–Kier alpha value is -16.2.